The van der Waals surface area contributed by atoms with E-state index in [2.05, 4.69) is 10.2 Å². The first kappa shape index (κ1) is 26.1. The second-order valence-corrected chi connectivity index (χ2v) is 9.58. The van der Waals surface area contributed by atoms with Crippen LogP contribution < -0.4 is 10.2 Å². The van der Waals surface area contributed by atoms with Gasteiger partial charge in [-0.25, -0.2) is 0 Å². The fourth-order valence-corrected chi connectivity index (χ4v) is 4.85. The minimum atomic E-state index is -4.58. The third-order valence-corrected chi connectivity index (χ3v) is 7.01. The molecule has 192 valence electrons. The molecule has 1 N–H and O–H groups in total. The van der Waals surface area contributed by atoms with E-state index in [1.165, 1.54) is 12.1 Å². The van der Waals surface area contributed by atoms with E-state index < -0.39 is 11.7 Å². The Morgan fingerprint density at radius 1 is 1.06 bits per heavy atom. The van der Waals surface area contributed by atoms with E-state index in [-0.39, 0.29) is 30.2 Å². The molecule has 10 heteroatoms. The van der Waals surface area contributed by atoms with E-state index in [1.54, 1.807) is 6.07 Å². The van der Waals surface area contributed by atoms with Crippen molar-refractivity contribution in [3.05, 3.63) is 58.6 Å². The number of rotatable bonds is 6. The normalized spacial score (nSPS) is 20.6. The highest BCUT2D eigenvalue weighted by atomic mass is 35.5. The molecule has 1 heterocycles. The van der Waals surface area contributed by atoms with E-state index in [4.69, 9.17) is 21.6 Å². The first-order valence-corrected chi connectivity index (χ1v) is 12.4. The van der Waals surface area contributed by atoms with Gasteiger partial charge in [-0.15, -0.1) is 0 Å². The molecule has 6 nitrogen and oxygen atoms in total. The molecule has 1 aliphatic heterocycles. The third-order valence-electron chi connectivity index (χ3n) is 6.76. The maximum Gasteiger partial charge on any atom is 0.417 e. The lowest BCUT2D eigenvalue weighted by Crippen LogP contribution is -2.50. The third kappa shape index (κ3) is 6.62. The SMILES string of the molecule is N#Cc1ccc(NC2CCC(OCC(=O)N3CCN(c4ccc(Cl)cc4)CC3)CC2)cc1C(F)(F)F. The monoisotopic (exact) mass is 520 g/mol. The number of anilines is 2. The van der Waals surface area contributed by atoms with Crippen LogP contribution in [0.3, 0.4) is 0 Å². The average Bonchev–Trinajstić information content (AvgIpc) is 2.88. The van der Waals surface area contributed by atoms with E-state index in [0.717, 1.165) is 50.5 Å². The van der Waals surface area contributed by atoms with Crippen molar-refractivity contribution in [2.45, 2.75) is 44.0 Å². The molecule has 1 aliphatic carbocycles. The van der Waals surface area contributed by atoms with Crippen molar-refractivity contribution < 1.29 is 22.7 Å². The molecule has 0 radical (unpaired) electrons. The van der Waals surface area contributed by atoms with Crippen LogP contribution in [0.15, 0.2) is 42.5 Å². The summed E-state index contributed by atoms with van der Waals surface area (Å²) in [6, 6.07) is 13.0. The Hall–Kier alpha value is -2.96. The van der Waals surface area contributed by atoms with E-state index in [1.807, 2.05) is 29.2 Å². The van der Waals surface area contributed by atoms with Gasteiger partial charge in [-0.05, 0) is 68.1 Å². The Labute approximate surface area is 213 Å². The van der Waals surface area contributed by atoms with Crippen molar-refractivity contribution in [3.8, 4) is 6.07 Å². The highest BCUT2D eigenvalue weighted by Crippen LogP contribution is 2.34. The number of nitriles is 1. The number of piperazine rings is 1. The number of carbonyl (C=O) groups excluding carboxylic acids is 1. The summed E-state index contributed by atoms with van der Waals surface area (Å²) in [6.07, 6.45) is -1.74. The van der Waals surface area contributed by atoms with Crippen molar-refractivity contribution in [3.63, 3.8) is 0 Å². The molecule has 4 rings (SSSR count). The van der Waals surface area contributed by atoms with Crippen LogP contribution in [0.25, 0.3) is 0 Å². The molecule has 2 fully saturated rings. The number of carbonyl (C=O) groups is 1. The Morgan fingerprint density at radius 3 is 2.33 bits per heavy atom. The maximum atomic E-state index is 13.2. The standard InChI is InChI=1S/C26H28ClF3N4O2/c27-19-2-7-22(8-3-19)33-11-13-34(14-12-33)25(35)17-36-23-9-5-20(6-10-23)32-21-4-1-18(16-31)24(15-21)26(28,29)30/h1-4,7-8,15,20,23,32H,5-6,9-14,17H2. The van der Waals surface area contributed by atoms with Crippen LogP contribution in [0.5, 0.6) is 0 Å². The molecule has 0 spiro atoms. The molecule has 1 saturated heterocycles. The van der Waals surface area contributed by atoms with Gasteiger partial charge in [-0.1, -0.05) is 11.6 Å². The topological polar surface area (TPSA) is 68.6 Å². The zero-order valence-electron chi connectivity index (χ0n) is 19.7. The lowest BCUT2D eigenvalue weighted by Gasteiger charge is -2.36. The van der Waals surface area contributed by atoms with Crippen LogP contribution in [0, 0.1) is 11.3 Å². The number of nitrogens with zero attached hydrogens (tertiary/aromatic N) is 3. The summed E-state index contributed by atoms with van der Waals surface area (Å²) in [5.41, 5.74) is 0.114. The van der Waals surface area contributed by atoms with E-state index in [9.17, 15) is 18.0 Å². The minimum Gasteiger partial charge on any atom is -0.382 e. The number of nitrogens with one attached hydrogen (secondary N) is 1. The van der Waals surface area contributed by atoms with Gasteiger partial charge in [0.15, 0.2) is 0 Å². The number of halogens is 4. The van der Waals surface area contributed by atoms with Gasteiger partial charge in [0.1, 0.15) is 6.61 Å². The molecule has 0 atom stereocenters. The molecule has 2 aromatic rings. The van der Waals surface area contributed by atoms with Gasteiger partial charge < -0.3 is 19.9 Å². The molecule has 2 aliphatic rings. The summed E-state index contributed by atoms with van der Waals surface area (Å²) in [5.74, 6) is -0.0248. The van der Waals surface area contributed by atoms with Crippen LogP contribution in [0.4, 0.5) is 24.5 Å². The number of benzene rings is 2. The Balaban J connectivity index is 1.19. The van der Waals surface area contributed by atoms with Crippen molar-refractivity contribution in [2.75, 3.05) is 43.0 Å². The molecule has 0 unspecified atom stereocenters. The lowest BCUT2D eigenvalue weighted by molar-refractivity contribution is -0.139. The van der Waals surface area contributed by atoms with Crippen LogP contribution in [0.1, 0.15) is 36.8 Å². The van der Waals surface area contributed by atoms with Crippen molar-refractivity contribution in [1.82, 2.24) is 4.90 Å². The summed E-state index contributed by atoms with van der Waals surface area (Å²) in [6.45, 7) is 2.79. The fourth-order valence-electron chi connectivity index (χ4n) is 4.72. The number of ether oxygens (including phenoxy) is 1. The maximum absolute atomic E-state index is 13.2. The lowest BCUT2D eigenvalue weighted by atomic mass is 9.92. The van der Waals surface area contributed by atoms with Gasteiger partial charge in [0.05, 0.1) is 23.3 Å². The van der Waals surface area contributed by atoms with Gasteiger partial charge in [0.25, 0.3) is 0 Å². The summed E-state index contributed by atoms with van der Waals surface area (Å²) in [4.78, 5) is 16.7. The van der Waals surface area contributed by atoms with Crippen LogP contribution in [0.2, 0.25) is 5.02 Å². The van der Waals surface area contributed by atoms with Gasteiger partial charge in [0, 0.05) is 48.6 Å². The quantitative estimate of drug-likeness (QED) is 0.558. The molecular weight excluding hydrogens is 493 g/mol. The molecular formula is C26H28ClF3N4O2. The van der Waals surface area contributed by atoms with Crippen molar-refractivity contribution >= 4 is 28.9 Å². The van der Waals surface area contributed by atoms with Crippen molar-refractivity contribution in [1.29, 1.82) is 5.26 Å². The molecule has 2 aromatic carbocycles. The van der Waals surface area contributed by atoms with E-state index in [0.29, 0.717) is 23.8 Å². The average molecular weight is 521 g/mol. The largest absolute Gasteiger partial charge is 0.417 e. The molecule has 0 aromatic heterocycles. The van der Waals surface area contributed by atoms with Crippen LogP contribution in [-0.4, -0.2) is 55.7 Å². The highest BCUT2D eigenvalue weighted by Gasteiger charge is 2.34. The predicted molar refractivity (Wildman–Crippen MR) is 132 cm³/mol. The second kappa shape index (κ2) is 11.4. The fraction of sp³-hybridized carbons (Fsp3) is 0.462. The zero-order chi connectivity index (χ0) is 25.7. The summed E-state index contributed by atoms with van der Waals surface area (Å²) < 4.78 is 45.5. The van der Waals surface area contributed by atoms with Crippen LogP contribution >= 0.6 is 11.6 Å². The van der Waals surface area contributed by atoms with Gasteiger partial charge >= 0.3 is 6.18 Å². The zero-order valence-corrected chi connectivity index (χ0v) is 20.5. The predicted octanol–water partition coefficient (Wildman–Crippen LogP) is 5.32. The minimum absolute atomic E-state index is 0.00974. The number of amides is 1. The van der Waals surface area contributed by atoms with Crippen molar-refractivity contribution in [2.24, 2.45) is 0 Å². The first-order chi connectivity index (χ1) is 17.2. The summed E-state index contributed by atoms with van der Waals surface area (Å²) >= 11 is 5.95. The summed E-state index contributed by atoms with van der Waals surface area (Å²) in [7, 11) is 0. The first-order valence-electron chi connectivity index (χ1n) is 12.0. The van der Waals surface area contributed by atoms with E-state index >= 15 is 0 Å². The highest BCUT2D eigenvalue weighted by molar-refractivity contribution is 6.30. The smallest absolute Gasteiger partial charge is 0.382 e. The molecule has 1 amide bonds. The molecule has 1 saturated carbocycles. The Kier molecular flexibility index (Phi) is 8.27. The van der Waals surface area contributed by atoms with Gasteiger partial charge in [-0.2, -0.15) is 18.4 Å². The molecule has 0 bridgehead atoms. The Bertz CT molecular complexity index is 1090. The number of alkyl halides is 3. The Morgan fingerprint density at radius 2 is 1.72 bits per heavy atom. The number of hydrogen-bond donors (Lipinski definition) is 1. The molecule has 36 heavy (non-hydrogen) atoms. The second-order valence-electron chi connectivity index (χ2n) is 9.14. The number of hydrogen-bond acceptors (Lipinski definition) is 5. The van der Waals surface area contributed by atoms with Gasteiger partial charge in [-0.3, -0.25) is 4.79 Å². The van der Waals surface area contributed by atoms with Crippen LogP contribution in [-0.2, 0) is 15.7 Å². The van der Waals surface area contributed by atoms with Gasteiger partial charge in [0.2, 0.25) is 5.91 Å². The summed E-state index contributed by atoms with van der Waals surface area (Å²) in [5, 5.41) is 12.8.